The van der Waals surface area contributed by atoms with E-state index >= 15 is 0 Å². The van der Waals surface area contributed by atoms with Crippen LogP contribution in [0.5, 0.6) is 0 Å². The topological polar surface area (TPSA) is 18.5 Å². The van der Waals surface area contributed by atoms with Gasteiger partial charge in [0.25, 0.3) is 0 Å². The molecule has 2 heteroatoms. The van der Waals surface area contributed by atoms with Crippen molar-refractivity contribution in [2.24, 2.45) is 0 Å². The van der Waals surface area contributed by atoms with Crippen LogP contribution in [-0.4, -0.2) is 19.0 Å². The summed E-state index contributed by atoms with van der Waals surface area (Å²) in [5, 5.41) is 0. The lowest BCUT2D eigenvalue weighted by atomic mass is 10.2. The molecule has 0 saturated carbocycles. The van der Waals surface area contributed by atoms with Crippen molar-refractivity contribution in [3.8, 4) is 0 Å². The van der Waals surface area contributed by atoms with Gasteiger partial charge in [-0.2, -0.15) is 0 Å². The molecule has 2 nitrogen and oxygen atoms in total. The molecule has 1 heterocycles. The lowest BCUT2D eigenvalue weighted by Gasteiger charge is -2.05. The van der Waals surface area contributed by atoms with E-state index in [-0.39, 0.29) is 12.4 Å². The Kier molecular flexibility index (Phi) is 2.90. The van der Waals surface area contributed by atoms with E-state index in [0.717, 1.165) is 6.42 Å². The molecule has 10 heavy (non-hydrogen) atoms. The fraction of sp³-hybridized carbons (Fsp3) is 0.625. The summed E-state index contributed by atoms with van der Waals surface area (Å²) in [6.45, 7) is 9.54. The SMILES string of the molecule is [CH]CCC1COC(C=C)O1. The van der Waals surface area contributed by atoms with E-state index in [4.69, 9.17) is 16.4 Å². The summed E-state index contributed by atoms with van der Waals surface area (Å²) in [6, 6.07) is 0. The minimum Gasteiger partial charge on any atom is -0.346 e. The Morgan fingerprint density at radius 2 is 2.50 bits per heavy atom. The largest absolute Gasteiger partial charge is 0.346 e. The predicted molar refractivity (Wildman–Crippen MR) is 38.3 cm³/mol. The van der Waals surface area contributed by atoms with Crippen molar-refractivity contribution in [3.05, 3.63) is 19.6 Å². The molecule has 1 saturated heterocycles. The first kappa shape index (κ1) is 7.76. The highest BCUT2D eigenvalue weighted by atomic mass is 16.7. The molecule has 1 aliphatic heterocycles. The van der Waals surface area contributed by atoms with Gasteiger partial charge in [-0.1, -0.05) is 6.58 Å². The second kappa shape index (κ2) is 3.74. The van der Waals surface area contributed by atoms with Crippen LogP contribution in [0.25, 0.3) is 0 Å². The van der Waals surface area contributed by atoms with Gasteiger partial charge in [0.15, 0.2) is 6.29 Å². The molecule has 0 bridgehead atoms. The molecule has 0 aromatic rings. The second-order valence-electron chi connectivity index (χ2n) is 2.27. The molecule has 0 aromatic carbocycles. The third kappa shape index (κ3) is 1.82. The molecule has 0 aromatic heterocycles. The third-order valence-corrected chi connectivity index (χ3v) is 1.45. The lowest BCUT2D eigenvalue weighted by molar-refractivity contribution is -0.0203. The Morgan fingerprint density at radius 1 is 1.70 bits per heavy atom. The average Bonchev–Trinajstić information content (AvgIpc) is 2.37. The second-order valence-corrected chi connectivity index (χ2v) is 2.27. The van der Waals surface area contributed by atoms with Gasteiger partial charge in [-0.3, -0.25) is 0 Å². The van der Waals surface area contributed by atoms with Gasteiger partial charge in [-0.15, -0.1) is 0 Å². The fourth-order valence-electron chi connectivity index (χ4n) is 0.931. The summed E-state index contributed by atoms with van der Waals surface area (Å²) < 4.78 is 10.5. The summed E-state index contributed by atoms with van der Waals surface area (Å²) in [5.74, 6) is 0. The minimum atomic E-state index is -0.212. The fourth-order valence-corrected chi connectivity index (χ4v) is 0.931. The van der Waals surface area contributed by atoms with Crippen LogP contribution >= 0.6 is 0 Å². The standard InChI is InChI=1S/C8H12O2/c1-3-5-7-6-9-8(4-2)10-7/h1,4,7-8H,2-3,5-6H2. The van der Waals surface area contributed by atoms with E-state index in [0.29, 0.717) is 13.0 Å². The highest BCUT2D eigenvalue weighted by Crippen LogP contribution is 2.15. The summed E-state index contributed by atoms with van der Waals surface area (Å²) in [4.78, 5) is 0. The number of rotatable bonds is 3. The molecule has 0 aliphatic carbocycles. The van der Waals surface area contributed by atoms with Crippen LogP contribution in [0.4, 0.5) is 0 Å². The van der Waals surface area contributed by atoms with Crippen molar-refractivity contribution in [1.82, 2.24) is 0 Å². The highest BCUT2D eigenvalue weighted by molar-refractivity contribution is 4.78. The lowest BCUT2D eigenvalue weighted by Crippen LogP contribution is -2.09. The molecule has 56 valence electrons. The third-order valence-electron chi connectivity index (χ3n) is 1.45. The molecule has 2 radical (unpaired) electrons. The number of hydrogen-bond donors (Lipinski definition) is 0. The number of ether oxygens (including phenoxy) is 2. The van der Waals surface area contributed by atoms with Crippen LogP contribution in [-0.2, 0) is 9.47 Å². The average molecular weight is 140 g/mol. The maximum absolute atomic E-state index is 5.33. The van der Waals surface area contributed by atoms with Gasteiger partial charge in [-0.05, 0) is 25.8 Å². The first-order chi connectivity index (χ1) is 4.86. The van der Waals surface area contributed by atoms with Gasteiger partial charge < -0.3 is 9.47 Å². The highest BCUT2D eigenvalue weighted by Gasteiger charge is 2.22. The molecule has 1 fully saturated rings. The van der Waals surface area contributed by atoms with E-state index < -0.39 is 0 Å². The van der Waals surface area contributed by atoms with Gasteiger partial charge >= 0.3 is 0 Å². The molecule has 0 amide bonds. The van der Waals surface area contributed by atoms with E-state index in [9.17, 15) is 0 Å². The van der Waals surface area contributed by atoms with E-state index in [1.165, 1.54) is 0 Å². The Morgan fingerprint density at radius 3 is 3.00 bits per heavy atom. The Bertz CT molecular complexity index is 112. The maximum Gasteiger partial charge on any atom is 0.177 e. The zero-order valence-electron chi connectivity index (χ0n) is 5.95. The van der Waals surface area contributed by atoms with Crippen molar-refractivity contribution in [2.45, 2.75) is 25.2 Å². The molecule has 2 unspecified atom stereocenters. The van der Waals surface area contributed by atoms with Crippen LogP contribution in [0, 0.1) is 6.92 Å². The molecule has 0 N–H and O–H groups in total. The Labute approximate surface area is 61.8 Å². The van der Waals surface area contributed by atoms with Gasteiger partial charge in [0, 0.05) is 0 Å². The van der Waals surface area contributed by atoms with Crippen molar-refractivity contribution in [2.75, 3.05) is 6.61 Å². The maximum atomic E-state index is 5.33. The zero-order chi connectivity index (χ0) is 7.40. The van der Waals surface area contributed by atoms with E-state index in [1.807, 2.05) is 0 Å². The van der Waals surface area contributed by atoms with Gasteiger partial charge in [-0.25, -0.2) is 0 Å². The van der Waals surface area contributed by atoms with Crippen molar-refractivity contribution in [1.29, 1.82) is 0 Å². The monoisotopic (exact) mass is 140 g/mol. The van der Waals surface area contributed by atoms with Crippen LogP contribution in [0.2, 0.25) is 0 Å². The molecular formula is C8H12O2. The van der Waals surface area contributed by atoms with Crippen LogP contribution in [0.3, 0.4) is 0 Å². The quantitative estimate of drug-likeness (QED) is 0.552. The minimum absolute atomic E-state index is 0.174. The van der Waals surface area contributed by atoms with Crippen molar-refractivity contribution < 1.29 is 9.47 Å². The van der Waals surface area contributed by atoms with Crippen molar-refractivity contribution in [3.63, 3.8) is 0 Å². The molecule has 0 spiro atoms. The summed E-state index contributed by atoms with van der Waals surface area (Å²) in [6.07, 6.45) is 3.13. The van der Waals surface area contributed by atoms with Gasteiger partial charge in [0.05, 0.1) is 12.7 Å². The summed E-state index contributed by atoms with van der Waals surface area (Å²) >= 11 is 0. The van der Waals surface area contributed by atoms with E-state index in [1.54, 1.807) is 6.08 Å². The van der Waals surface area contributed by atoms with Gasteiger partial charge in [0.2, 0.25) is 0 Å². The van der Waals surface area contributed by atoms with Crippen molar-refractivity contribution >= 4 is 0 Å². The first-order valence-corrected chi connectivity index (χ1v) is 3.46. The van der Waals surface area contributed by atoms with Crippen LogP contribution in [0.15, 0.2) is 12.7 Å². The first-order valence-electron chi connectivity index (χ1n) is 3.46. The molecular weight excluding hydrogens is 128 g/mol. The number of hydrogen-bond acceptors (Lipinski definition) is 2. The predicted octanol–water partition coefficient (Wildman–Crippen LogP) is 1.41. The normalized spacial score (nSPS) is 32.5. The molecule has 2 atom stereocenters. The van der Waals surface area contributed by atoms with Gasteiger partial charge in [0.1, 0.15) is 0 Å². The summed E-state index contributed by atoms with van der Waals surface area (Å²) in [7, 11) is 0. The molecule has 1 rings (SSSR count). The van der Waals surface area contributed by atoms with Crippen LogP contribution in [0.1, 0.15) is 12.8 Å². The summed E-state index contributed by atoms with van der Waals surface area (Å²) in [5.41, 5.74) is 0. The Hall–Kier alpha value is -0.340. The van der Waals surface area contributed by atoms with Crippen LogP contribution < -0.4 is 0 Å². The van der Waals surface area contributed by atoms with E-state index in [2.05, 4.69) is 6.58 Å². The molecule has 1 aliphatic rings. The zero-order valence-corrected chi connectivity index (χ0v) is 5.95. The Balaban J connectivity index is 2.21. The smallest absolute Gasteiger partial charge is 0.177 e.